The lowest BCUT2D eigenvalue weighted by molar-refractivity contribution is -0.384. The predicted molar refractivity (Wildman–Crippen MR) is 66.3 cm³/mol. The standard InChI is InChI=1S/C11H14ClN3O2/c12-10-5-9(15(16)17)6-11(14-10)13-7-8-3-1-2-4-8/h5-6,8H,1-4,7H2,(H,13,14). The Bertz CT molecular complexity index is 419. The van der Waals surface area contributed by atoms with Crippen LogP contribution < -0.4 is 5.32 Å². The predicted octanol–water partition coefficient (Wildman–Crippen LogP) is 3.25. The Morgan fingerprint density at radius 3 is 2.82 bits per heavy atom. The van der Waals surface area contributed by atoms with Crippen LogP contribution in [0.1, 0.15) is 25.7 Å². The highest BCUT2D eigenvalue weighted by Crippen LogP contribution is 2.26. The number of anilines is 1. The van der Waals surface area contributed by atoms with Crippen molar-refractivity contribution in [1.29, 1.82) is 0 Å². The number of nitrogens with one attached hydrogen (secondary N) is 1. The number of pyridine rings is 1. The second-order valence-electron chi connectivity index (χ2n) is 4.32. The molecule has 0 atom stereocenters. The van der Waals surface area contributed by atoms with Crippen molar-refractivity contribution in [3.05, 3.63) is 27.4 Å². The van der Waals surface area contributed by atoms with Crippen LogP contribution in [0.3, 0.4) is 0 Å². The van der Waals surface area contributed by atoms with Crippen molar-refractivity contribution >= 4 is 23.1 Å². The maximum atomic E-state index is 10.7. The van der Waals surface area contributed by atoms with Crippen LogP contribution in [0.5, 0.6) is 0 Å². The van der Waals surface area contributed by atoms with E-state index in [1.165, 1.54) is 37.8 Å². The zero-order valence-electron chi connectivity index (χ0n) is 9.36. The third kappa shape index (κ3) is 3.30. The van der Waals surface area contributed by atoms with Gasteiger partial charge in [-0.3, -0.25) is 10.1 Å². The average Bonchev–Trinajstić information content (AvgIpc) is 2.78. The number of halogens is 1. The maximum Gasteiger partial charge on any atom is 0.276 e. The molecular formula is C11H14ClN3O2. The smallest absolute Gasteiger partial charge is 0.276 e. The molecule has 0 spiro atoms. The van der Waals surface area contributed by atoms with Crippen LogP contribution in [0.15, 0.2) is 12.1 Å². The minimum Gasteiger partial charge on any atom is -0.370 e. The van der Waals surface area contributed by atoms with Gasteiger partial charge in [0.1, 0.15) is 11.0 Å². The number of hydrogen-bond donors (Lipinski definition) is 1. The molecule has 0 unspecified atom stereocenters. The molecule has 0 saturated heterocycles. The van der Waals surface area contributed by atoms with E-state index in [9.17, 15) is 10.1 Å². The van der Waals surface area contributed by atoms with Gasteiger partial charge < -0.3 is 5.32 Å². The molecule has 1 N–H and O–H groups in total. The summed E-state index contributed by atoms with van der Waals surface area (Å²) in [5.74, 6) is 1.13. The minimum atomic E-state index is -0.464. The summed E-state index contributed by atoms with van der Waals surface area (Å²) < 4.78 is 0. The van der Waals surface area contributed by atoms with Crippen LogP contribution in [0.25, 0.3) is 0 Å². The lowest BCUT2D eigenvalue weighted by Crippen LogP contribution is -2.12. The second-order valence-corrected chi connectivity index (χ2v) is 4.71. The van der Waals surface area contributed by atoms with Crippen molar-refractivity contribution in [2.75, 3.05) is 11.9 Å². The van der Waals surface area contributed by atoms with Crippen molar-refractivity contribution in [3.63, 3.8) is 0 Å². The SMILES string of the molecule is O=[N+]([O-])c1cc(Cl)nc(NCC2CCCC2)c1. The summed E-state index contributed by atoms with van der Waals surface area (Å²) in [6.07, 6.45) is 4.98. The van der Waals surface area contributed by atoms with E-state index < -0.39 is 4.92 Å². The summed E-state index contributed by atoms with van der Waals surface area (Å²) in [6.45, 7) is 0.810. The van der Waals surface area contributed by atoms with Crippen molar-refractivity contribution in [1.82, 2.24) is 4.98 Å². The van der Waals surface area contributed by atoms with Gasteiger partial charge in [0.15, 0.2) is 0 Å². The van der Waals surface area contributed by atoms with Gasteiger partial charge >= 0.3 is 0 Å². The number of rotatable bonds is 4. The lowest BCUT2D eigenvalue weighted by atomic mass is 10.1. The molecule has 1 aliphatic rings. The summed E-state index contributed by atoms with van der Waals surface area (Å²) in [7, 11) is 0. The number of hydrogen-bond acceptors (Lipinski definition) is 4. The maximum absolute atomic E-state index is 10.7. The van der Waals surface area contributed by atoms with Gasteiger partial charge in [-0.15, -0.1) is 0 Å². The van der Waals surface area contributed by atoms with Gasteiger partial charge in [0.05, 0.1) is 17.1 Å². The Labute approximate surface area is 104 Å². The van der Waals surface area contributed by atoms with Crippen LogP contribution >= 0.6 is 11.6 Å². The molecule has 1 fully saturated rings. The Morgan fingerprint density at radius 1 is 1.47 bits per heavy atom. The first-order chi connectivity index (χ1) is 8.15. The van der Waals surface area contributed by atoms with Gasteiger partial charge in [0.25, 0.3) is 5.69 Å². The third-order valence-electron chi connectivity index (χ3n) is 3.04. The van der Waals surface area contributed by atoms with Crippen molar-refractivity contribution in [2.45, 2.75) is 25.7 Å². The van der Waals surface area contributed by atoms with Gasteiger partial charge in [-0.1, -0.05) is 24.4 Å². The molecule has 0 aliphatic heterocycles. The highest BCUT2D eigenvalue weighted by molar-refractivity contribution is 6.29. The fourth-order valence-corrected chi connectivity index (χ4v) is 2.35. The van der Waals surface area contributed by atoms with Crippen LogP contribution in [-0.2, 0) is 0 Å². The third-order valence-corrected chi connectivity index (χ3v) is 3.23. The fraction of sp³-hybridized carbons (Fsp3) is 0.545. The Kier molecular flexibility index (Phi) is 3.78. The summed E-state index contributed by atoms with van der Waals surface area (Å²) in [6, 6.07) is 2.67. The first-order valence-electron chi connectivity index (χ1n) is 5.71. The molecular weight excluding hydrogens is 242 g/mol. The Balaban J connectivity index is 2.01. The molecule has 1 aromatic rings. The average molecular weight is 256 g/mol. The Hall–Kier alpha value is -1.36. The second kappa shape index (κ2) is 5.31. The zero-order chi connectivity index (χ0) is 12.3. The molecule has 5 nitrogen and oxygen atoms in total. The fourth-order valence-electron chi connectivity index (χ4n) is 2.14. The number of aromatic nitrogens is 1. The molecule has 1 heterocycles. The van der Waals surface area contributed by atoms with E-state index >= 15 is 0 Å². The molecule has 0 amide bonds. The summed E-state index contributed by atoms with van der Waals surface area (Å²) in [5, 5.41) is 13.9. The van der Waals surface area contributed by atoms with E-state index in [2.05, 4.69) is 10.3 Å². The zero-order valence-corrected chi connectivity index (χ0v) is 10.1. The number of nitro groups is 1. The monoisotopic (exact) mass is 255 g/mol. The van der Waals surface area contributed by atoms with E-state index in [0.29, 0.717) is 11.7 Å². The summed E-state index contributed by atoms with van der Waals surface area (Å²) in [5.41, 5.74) is -0.0288. The van der Waals surface area contributed by atoms with E-state index in [4.69, 9.17) is 11.6 Å². The Morgan fingerprint density at radius 2 is 2.18 bits per heavy atom. The topological polar surface area (TPSA) is 68.1 Å². The van der Waals surface area contributed by atoms with Crippen LogP contribution in [0.2, 0.25) is 5.15 Å². The molecule has 0 aromatic carbocycles. The highest BCUT2D eigenvalue weighted by Gasteiger charge is 2.16. The summed E-state index contributed by atoms with van der Waals surface area (Å²) >= 11 is 5.73. The molecule has 92 valence electrons. The number of nitrogens with zero attached hydrogens (tertiary/aromatic N) is 2. The van der Waals surface area contributed by atoms with Gasteiger partial charge in [0.2, 0.25) is 0 Å². The van der Waals surface area contributed by atoms with Crippen LogP contribution in [-0.4, -0.2) is 16.5 Å². The minimum absolute atomic E-state index is 0.0288. The lowest BCUT2D eigenvalue weighted by Gasteiger charge is -2.10. The molecule has 1 aromatic heterocycles. The summed E-state index contributed by atoms with van der Waals surface area (Å²) in [4.78, 5) is 14.2. The quantitative estimate of drug-likeness (QED) is 0.509. The van der Waals surface area contributed by atoms with Gasteiger partial charge in [-0.2, -0.15) is 0 Å². The molecule has 2 rings (SSSR count). The molecule has 1 saturated carbocycles. The van der Waals surface area contributed by atoms with Crippen molar-refractivity contribution in [2.24, 2.45) is 5.92 Å². The van der Waals surface area contributed by atoms with E-state index in [1.54, 1.807) is 0 Å². The first kappa shape index (κ1) is 12.1. The van der Waals surface area contributed by atoms with Crippen LogP contribution in [0, 0.1) is 16.0 Å². The normalized spacial score (nSPS) is 16.1. The van der Waals surface area contributed by atoms with Crippen molar-refractivity contribution in [3.8, 4) is 0 Å². The van der Waals surface area contributed by atoms with Crippen LogP contribution in [0.4, 0.5) is 11.5 Å². The molecule has 0 bridgehead atoms. The van der Waals surface area contributed by atoms with Gasteiger partial charge in [-0.05, 0) is 18.8 Å². The first-order valence-corrected chi connectivity index (χ1v) is 6.09. The molecule has 0 radical (unpaired) electrons. The van der Waals surface area contributed by atoms with E-state index in [0.717, 1.165) is 6.54 Å². The van der Waals surface area contributed by atoms with E-state index in [1.807, 2.05) is 0 Å². The van der Waals surface area contributed by atoms with Gasteiger partial charge in [-0.25, -0.2) is 4.98 Å². The largest absolute Gasteiger partial charge is 0.370 e. The van der Waals surface area contributed by atoms with E-state index in [-0.39, 0.29) is 10.8 Å². The highest BCUT2D eigenvalue weighted by atomic mass is 35.5. The molecule has 6 heteroatoms. The van der Waals surface area contributed by atoms with Crippen molar-refractivity contribution < 1.29 is 4.92 Å². The van der Waals surface area contributed by atoms with Gasteiger partial charge in [0, 0.05) is 6.54 Å². The molecule has 17 heavy (non-hydrogen) atoms. The molecule has 1 aliphatic carbocycles.